The molecule has 6 nitrogen and oxygen atoms in total. The Morgan fingerprint density at radius 3 is 1.85 bits per heavy atom. The second-order valence-electron chi connectivity index (χ2n) is 7.86. The van der Waals surface area contributed by atoms with Gasteiger partial charge in [-0.3, -0.25) is 0 Å². The molecule has 0 aliphatic carbocycles. The van der Waals surface area contributed by atoms with E-state index >= 15 is 0 Å². The summed E-state index contributed by atoms with van der Waals surface area (Å²) < 4.78 is 80.7. The first-order valence-corrected chi connectivity index (χ1v) is 10.4. The van der Waals surface area contributed by atoms with Crippen LogP contribution < -0.4 is 14.8 Å². The van der Waals surface area contributed by atoms with Crippen molar-refractivity contribution in [1.82, 2.24) is 5.32 Å². The van der Waals surface area contributed by atoms with Crippen molar-refractivity contribution in [2.45, 2.75) is 46.0 Å². The number of aryl methyl sites for hydroxylation is 2. The van der Waals surface area contributed by atoms with Crippen LogP contribution in [0, 0.1) is 13.8 Å². The van der Waals surface area contributed by atoms with Gasteiger partial charge in [-0.1, -0.05) is 41.5 Å². The lowest BCUT2D eigenvalue weighted by molar-refractivity contribution is 0.0681. The van der Waals surface area contributed by atoms with Gasteiger partial charge in [0.05, 0.1) is 17.2 Å². The standard InChI is InChI=1S/C28H31NO5/c1-18-6-10-20(11-7-18)26(31)33-24-15-14-22(23(30)17-29-28(3,4)5)16-25(24)34-27(32)21-12-8-19(2)9-13-21/h6-16,23,29-30H,17H2,1-5H3/i3D3,4D3,5D3. The number of ether oxygens (including phenoxy) is 2. The van der Waals surface area contributed by atoms with Crippen LogP contribution >= 0.6 is 0 Å². The Morgan fingerprint density at radius 2 is 1.35 bits per heavy atom. The molecular formula is C28H31NO5. The summed E-state index contributed by atoms with van der Waals surface area (Å²) in [7, 11) is 0. The number of nitrogens with one attached hydrogen (secondary N) is 1. The van der Waals surface area contributed by atoms with Gasteiger partial charge in [0.15, 0.2) is 11.5 Å². The number of carbonyl (C=O) groups is 2. The highest BCUT2D eigenvalue weighted by atomic mass is 16.6. The average Bonchev–Trinajstić information content (AvgIpc) is 2.88. The molecule has 0 aliphatic heterocycles. The third-order valence-electron chi connectivity index (χ3n) is 4.89. The topological polar surface area (TPSA) is 84.9 Å². The third-order valence-corrected chi connectivity index (χ3v) is 4.89. The van der Waals surface area contributed by atoms with Crippen molar-refractivity contribution in [2.75, 3.05) is 6.54 Å². The Kier molecular flexibility index (Phi) is 4.82. The zero-order valence-electron chi connectivity index (χ0n) is 27.7. The summed E-state index contributed by atoms with van der Waals surface area (Å²) in [4.78, 5) is 25.7. The number of aliphatic hydroxyl groups is 1. The lowest BCUT2D eigenvalue weighted by Gasteiger charge is -2.23. The van der Waals surface area contributed by atoms with Gasteiger partial charge in [-0.25, -0.2) is 9.59 Å². The molecular weight excluding hydrogens is 430 g/mol. The molecule has 0 saturated heterocycles. The van der Waals surface area contributed by atoms with Crippen molar-refractivity contribution < 1.29 is 36.5 Å². The van der Waals surface area contributed by atoms with E-state index in [-0.39, 0.29) is 28.2 Å². The summed E-state index contributed by atoms with van der Waals surface area (Å²) in [5, 5.41) is 13.0. The first kappa shape index (κ1) is 15.4. The Labute approximate surface area is 213 Å². The highest BCUT2D eigenvalue weighted by molar-refractivity contribution is 5.93. The van der Waals surface area contributed by atoms with Crippen molar-refractivity contribution >= 4 is 11.9 Å². The van der Waals surface area contributed by atoms with Gasteiger partial charge in [0.2, 0.25) is 0 Å². The number of esters is 2. The SMILES string of the molecule is [2H]C([2H])([2H])C(NCC(O)c1ccc(OC(=O)c2ccc(C)cc2)c(OC(=O)c2ccc(C)cc2)c1)(C([2H])([2H])[2H])C([2H])([2H])[2H]. The number of carbonyl (C=O) groups excluding carboxylic acids is 2. The van der Waals surface area contributed by atoms with Gasteiger partial charge in [-0.05, 0) is 76.4 Å². The summed E-state index contributed by atoms with van der Waals surface area (Å²) in [6.45, 7) is -7.71. The molecule has 3 rings (SSSR count). The molecule has 34 heavy (non-hydrogen) atoms. The second-order valence-corrected chi connectivity index (χ2v) is 7.86. The minimum Gasteiger partial charge on any atom is -0.419 e. The van der Waals surface area contributed by atoms with Crippen LogP contribution in [0.1, 0.15) is 76.4 Å². The van der Waals surface area contributed by atoms with Gasteiger partial charge in [0.25, 0.3) is 0 Å². The van der Waals surface area contributed by atoms with Crippen LogP contribution in [-0.2, 0) is 0 Å². The lowest BCUT2D eigenvalue weighted by atomic mass is 10.1. The molecule has 1 unspecified atom stereocenters. The number of benzene rings is 3. The molecule has 3 aromatic carbocycles. The fourth-order valence-corrected chi connectivity index (χ4v) is 2.96. The van der Waals surface area contributed by atoms with Crippen LogP contribution in [0.25, 0.3) is 0 Å². The fraction of sp³-hybridized carbons (Fsp3) is 0.286. The molecule has 0 fully saturated rings. The smallest absolute Gasteiger partial charge is 0.343 e. The van der Waals surface area contributed by atoms with Crippen molar-refractivity contribution in [1.29, 1.82) is 0 Å². The predicted molar refractivity (Wildman–Crippen MR) is 131 cm³/mol. The van der Waals surface area contributed by atoms with Crippen molar-refractivity contribution in [3.05, 3.63) is 94.5 Å². The predicted octanol–water partition coefficient (Wildman–Crippen LogP) is 5.16. The molecule has 0 amide bonds. The molecule has 0 spiro atoms. The zero-order chi connectivity index (χ0) is 32.4. The number of hydrogen-bond acceptors (Lipinski definition) is 6. The first-order chi connectivity index (χ1) is 19.8. The van der Waals surface area contributed by atoms with Gasteiger partial charge in [-0.15, -0.1) is 0 Å². The quantitative estimate of drug-likeness (QED) is 0.366. The molecule has 2 N–H and O–H groups in total. The molecule has 0 heterocycles. The molecule has 0 saturated carbocycles. The maximum atomic E-state index is 12.9. The summed E-state index contributed by atoms with van der Waals surface area (Å²) in [6, 6.07) is 16.6. The molecule has 6 heteroatoms. The number of aliphatic hydroxyl groups excluding tert-OH is 1. The molecule has 178 valence electrons. The lowest BCUT2D eigenvalue weighted by Crippen LogP contribution is -2.38. The highest BCUT2D eigenvalue weighted by Gasteiger charge is 2.20. The van der Waals surface area contributed by atoms with E-state index in [1.165, 1.54) is 24.3 Å². The molecule has 1 atom stereocenters. The summed E-state index contributed by atoms with van der Waals surface area (Å²) in [5.74, 6) is -2.04. The Morgan fingerprint density at radius 1 is 0.853 bits per heavy atom. The number of rotatable bonds is 7. The highest BCUT2D eigenvalue weighted by Crippen LogP contribution is 2.32. The fourth-order valence-electron chi connectivity index (χ4n) is 2.96. The summed E-state index contributed by atoms with van der Waals surface area (Å²) >= 11 is 0. The molecule has 0 aliphatic rings. The van der Waals surface area contributed by atoms with E-state index in [1.807, 2.05) is 13.8 Å². The maximum Gasteiger partial charge on any atom is 0.343 e. The number of β-amino-alcohol motifs (C(OH)–C–C–N with tert-alkyl or cyclic N) is 1. The van der Waals surface area contributed by atoms with Crippen LogP contribution in [0.3, 0.4) is 0 Å². The van der Waals surface area contributed by atoms with Crippen LogP contribution in [0.15, 0.2) is 66.7 Å². The van der Waals surface area contributed by atoms with Gasteiger partial charge in [-0.2, -0.15) is 0 Å². The van der Waals surface area contributed by atoms with E-state index in [1.54, 1.807) is 36.4 Å². The van der Waals surface area contributed by atoms with Gasteiger partial charge in [0, 0.05) is 24.4 Å². The Hall–Kier alpha value is -3.48. The van der Waals surface area contributed by atoms with Crippen LogP contribution in [0.5, 0.6) is 11.5 Å². The molecule has 0 radical (unpaired) electrons. The molecule has 0 aromatic heterocycles. The first-order valence-electron chi connectivity index (χ1n) is 14.9. The number of hydrogen-bond donors (Lipinski definition) is 2. The van der Waals surface area contributed by atoms with E-state index in [0.717, 1.165) is 17.2 Å². The summed E-state index contributed by atoms with van der Waals surface area (Å²) in [6.07, 6.45) is -1.68. The van der Waals surface area contributed by atoms with E-state index in [4.69, 9.17) is 21.8 Å². The van der Waals surface area contributed by atoms with Gasteiger partial charge >= 0.3 is 11.9 Å². The van der Waals surface area contributed by atoms with Crippen LogP contribution in [0.2, 0.25) is 0 Å². The Bertz CT molecular complexity index is 1410. The summed E-state index contributed by atoms with van der Waals surface area (Å²) in [5.41, 5.74) is -1.19. The van der Waals surface area contributed by atoms with Crippen LogP contribution in [-0.4, -0.2) is 29.1 Å². The van der Waals surface area contributed by atoms with Crippen molar-refractivity contribution in [3.63, 3.8) is 0 Å². The normalized spacial score (nSPS) is 17.2. The van der Waals surface area contributed by atoms with Crippen LogP contribution in [0.4, 0.5) is 0 Å². The zero-order valence-corrected chi connectivity index (χ0v) is 18.7. The van der Waals surface area contributed by atoms with Crippen molar-refractivity contribution in [2.24, 2.45) is 0 Å². The van der Waals surface area contributed by atoms with Crippen molar-refractivity contribution in [3.8, 4) is 11.5 Å². The average molecular weight is 471 g/mol. The van der Waals surface area contributed by atoms with E-state index in [0.29, 0.717) is 0 Å². The molecule has 3 aromatic rings. The van der Waals surface area contributed by atoms with E-state index in [2.05, 4.69) is 5.32 Å². The van der Waals surface area contributed by atoms with E-state index in [9.17, 15) is 14.7 Å². The Balaban J connectivity index is 1.97. The monoisotopic (exact) mass is 470 g/mol. The minimum absolute atomic E-state index is 0.0233. The van der Waals surface area contributed by atoms with E-state index < -0.39 is 50.7 Å². The minimum atomic E-state index is -3.52. The largest absolute Gasteiger partial charge is 0.419 e. The van der Waals surface area contributed by atoms with Gasteiger partial charge < -0.3 is 19.9 Å². The molecule has 0 bridgehead atoms. The van der Waals surface area contributed by atoms with Gasteiger partial charge in [0.1, 0.15) is 0 Å². The maximum absolute atomic E-state index is 12.9. The third kappa shape index (κ3) is 7.01. The second kappa shape index (κ2) is 10.6.